The molecule has 0 radical (unpaired) electrons. The monoisotopic (exact) mass is 457 g/mol. The molecular formula is C21H19N3O5S2. The molecule has 160 valence electrons. The van der Waals surface area contributed by atoms with Gasteiger partial charge in [0.15, 0.2) is 9.92 Å². The van der Waals surface area contributed by atoms with Crippen LogP contribution < -0.4 is 0 Å². The fourth-order valence-corrected chi connectivity index (χ4v) is 7.34. The summed E-state index contributed by atoms with van der Waals surface area (Å²) in [6.07, 6.45) is 0. The maximum atomic E-state index is 14.1. The van der Waals surface area contributed by atoms with Crippen molar-refractivity contribution in [2.24, 2.45) is 3.77 Å². The molecule has 3 aromatic rings. The Morgan fingerprint density at radius 1 is 0.903 bits per heavy atom. The summed E-state index contributed by atoms with van der Waals surface area (Å²) in [5, 5.41) is 10.9. The smallest absolute Gasteiger partial charge is 0.258 e. The highest BCUT2D eigenvalue weighted by molar-refractivity contribution is 8.02. The highest BCUT2D eigenvalue weighted by Gasteiger charge is 2.45. The van der Waals surface area contributed by atoms with Gasteiger partial charge in [0.1, 0.15) is 0 Å². The Labute approximate surface area is 180 Å². The summed E-state index contributed by atoms with van der Waals surface area (Å²) in [5.74, 6) is 0. The number of rotatable bonds is 6. The van der Waals surface area contributed by atoms with Gasteiger partial charge in [0, 0.05) is 18.7 Å². The van der Waals surface area contributed by atoms with Crippen LogP contribution in [0.5, 0.6) is 0 Å². The molecule has 10 heteroatoms. The Morgan fingerprint density at radius 3 is 2.06 bits per heavy atom. The number of nitro benzene ring substituents is 1. The Kier molecular flexibility index (Phi) is 5.38. The number of hydrogen-bond donors (Lipinski definition) is 0. The van der Waals surface area contributed by atoms with Crippen molar-refractivity contribution in [1.29, 1.82) is 0 Å². The molecule has 0 aliphatic carbocycles. The molecular weight excluding hydrogens is 438 g/mol. The number of hydrogen-bond acceptors (Lipinski definition) is 5. The van der Waals surface area contributed by atoms with Crippen LogP contribution >= 0.6 is 0 Å². The van der Waals surface area contributed by atoms with E-state index in [1.54, 1.807) is 28.6 Å². The molecule has 0 amide bonds. The van der Waals surface area contributed by atoms with Gasteiger partial charge in [-0.3, -0.25) is 10.1 Å². The molecule has 3 atom stereocenters. The van der Waals surface area contributed by atoms with Crippen molar-refractivity contribution in [1.82, 2.24) is 4.31 Å². The molecule has 0 bridgehead atoms. The van der Waals surface area contributed by atoms with Crippen molar-refractivity contribution in [2.45, 2.75) is 22.8 Å². The normalized spacial score (nSPS) is 19.9. The standard InChI is InChI=1S/C21H19N3O5S2/c1-16-7-11-19(12-8-16)30(27,23-15-21(23)17-5-3-2-4-6-17)22-31(28,29)20-13-9-18(10-14-20)24(25)26/h2-14,21H,15H2,1H3. The van der Waals surface area contributed by atoms with Crippen LogP contribution in [0.2, 0.25) is 0 Å². The zero-order valence-corrected chi connectivity index (χ0v) is 18.1. The Balaban J connectivity index is 1.81. The van der Waals surface area contributed by atoms with E-state index in [0.29, 0.717) is 11.4 Å². The quantitative estimate of drug-likeness (QED) is 0.315. The maximum absolute atomic E-state index is 14.1. The number of non-ortho nitro benzene ring substituents is 1. The van der Waals surface area contributed by atoms with Crippen LogP contribution in [0.1, 0.15) is 17.2 Å². The Hall–Kier alpha value is -3.08. The average molecular weight is 458 g/mol. The van der Waals surface area contributed by atoms with E-state index in [2.05, 4.69) is 3.77 Å². The molecule has 0 aromatic heterocycles. The van der Waals surface area contributed by atoms with E-state index in [1.165, 1.54) is 0 Å². The first-order chi connectivity index (χ1) is 14.7. The zero-order valence-electron chi connectivity index (χ0n) is 16.5. The van der Waals surface area contributed by atoms with Crippen LogP contribution in [0, 0.1) is 17.0 Å². The second-order valence-electron chi connectivity index (χ2n) is 7.14. The van der Waals surface area contributed by atoms with Gasteiger partial charge in [-0.05, 0) is 36.8 Å². The first-order valence-electron chi connectivity index (χ1n) is 9.37. The van der Waals surface area contributed by atoms with Gasteiger partial charge in [0.25, 0.3) is 15.7 Å². The van der Waals surface area contributed by atoms with Gasteiger partial charge >= 0.3 is 0 Å². The van der Waals surface area contributed by atoms with Crippen molar-refractivity contribution in [3.8, 4) is 0 Å². The first-order valence-corrected chi connectivity index (χ1v) is 12.3. The lowest BCUT2D eigenvalue weighted by atomic mass is 10.2. The highest BCUT2D eigenvalue weighted by Crippen LogP contribution is 2.42. The third kappa shape index (κ3) is 4.22. The molecule has 1 aliphatic rings. The van der Waals surface area contributed by atoms with E-state index in [-0.39, 0.29) is 16.6 Å². The van der Waals surface area contributed by atoms with E-state index in [9.17, 15) is 22.7 Å². The third-order valence-corrected chi connectivity index (χ3v) is 9.33. The van der Waals surface area contributed by atoms with E-state index >= 15 is 0 Å². The molecule has 0 N–H and O–H groups in total. The number of sulfonamides is 1. The summed E-state index contributed by atoms with van der Waals surface area (Å²) in [5.41, 5.74) is 1.62. The third-order valence-electron chi connectivity index (χ3n) is 4.94. The van der Waals surface area contributed by atoms with Gasteiger partial charge < -0.3 is 0 Å². The number of nitrogens with zero attached hydrogens (tertiary/aromatic N) is 3. The molecule has 4 rings (SSSR count). The molecule has 1 fully saturated rings. The maximum Gasteiger partial charge on any atom is 0.291 e. The van der Waals surface area contributed by atoms with Gasteiger partial charge in [-0.2, -0.15) is 8.42 Å². The van der Waals surface area contributed by atoms with Crippen LogP contribution in [0.15, 0.2) is 92.4 Å². The average Bonchev–Trinajstić information content (AvgIpc) is 3.56. The summed E-state index contributed by atoms with van der Waals surface area (Å²) in [6, 6.07) is 20.3. The van der Waals surface area contributed by atoms with Crippen molar-refractivity contribution in [3.05, 3.63) is 100 Å². The minimum absolute atomic E-state index is 0.217. The van der Waals surface area contributed by atoms with Gasteiger partial charge in [0.05, 0.1) is 20.8 Å². The molecule has 1 saturated heterocycles. The zero-order chi connectivity index (χ0) is 22.2. The minimum atomic E-state index is -4.34. The van der Waals surface area contributed by atoms with Crippen molar-refractivity contribution in [3.63, 3.8) is 0 Å². The topological polar surface area (TPSA) is 110 Å². The fourth-order valence-electron chi connectivity index (χ4n) is 3.20. The molecule has 0 spiro atoms. The van der Waals surface area contributed by atoms with Crippen LogP contribution in [-0.4, -0.2) is 28.4 Å². The molecule has 8 nitrogen and oxygen atoms in total. The van der Waals surface area contributed by atoms with Gasteiger partial charge in [-0.1, -0.05) is 51.8 Å². The fraction of sp³-hybridized carbons (Fsp3) is 0.143. The molecule has 1 aliphatic heterocycles. The molecule has 1 heterocycles. The molecule has 3 unspecified atom stereocenters. The number of nitro groups is 1. The first kappa shape index (κ1) is 21.2. The van der Waals surface area contributed by atoms with E-state index in [1.807, 2.05) is 37.3 Å². The Bertz CT molecular complexity index is 1350. The number of aryl methyl sites for hydroxylation is 1. The Morgan fingerprint density at radius 2 is 1.48 bits per heavy atom. The van der Waals surface area contributed by atoms with Crippen LogP contribution in [0.25, 0.3) is 0 Å². The van der Waals surface area contributed by atoms with Crippen LogP contribution in [0.3, 0.4) is 0 Å². The predicted molar refractivity (Wildman–Crippen MR) is 116 cm³/mol. The van der Waals surface area contributed by atoms with Crippen molar-refractivity contribution in [2.75, 3.05) is 6.54 Å². The minimum Gasteiger partial charge on any atom is -0.258 e. The van der Waals surface area contributed by atoms with Crippen molar-refractivity contribution >= 4 is 25.6 Å². The van der Waals surface area contributed by atoms with Gasteiger partial charge in [0.2, 0.25) is 0 Å². The summed E-state index contributed by atoms with van der Waals surface area (Å²) in [7, 11) is -7.83. The van der Waals surface area contributed by atoms with Crippen LogP contribution in [0.4, 0.5) is 5.69 Å². The lowest BCUT2D eigenvalue weighted by Crippen LogP contribution is -2.15. The number of benzene rings is 3. The van der Waals surface area contributed by atoms with E-state index in [4.69, 9.17) is 0 Å². The highest BCUT2D eigenvalue weighted by atomic mass is 32.3. The van der Waals surface area contributed by atoms with Gasteiger partial charge in [-0.15, -0.1) is 0 Å². The summed E-state index contributed by atoms with van der Waals surface area (Å²) in [4.78, 5) is 10.3. The second kappa shape index (κ2) is 7.88. The summed E-state index contributed by atoms with van der Waals surface area (Å²) >= 11 is 0. The lowest BCUT2D eigenvalue weighted by Gasteiger charge is -2.13. The molecule has 31 heavy (non-hydrogen) atoms. The van der Waals surface area contributed by atoms with E-state index < -0.39 is 24.9 Å². The predicted octanol–water partition coefficient (Wildman–Crippen LogP) is 4.09. The van der Waals surface area contributed by atoms with Crippen molar-refractivity contribution < 1.29 is 17.6 Å². The SMILES string of the molecule is Cc1ccc(S(=O)(=NS(=O)(=O)c2ccc([N+](=O)[O-])cc2)N2CC2c2ccccc2)cc1. The molecule has 3 aromatic carbocycles. The molecule has 0 saturated carbocycles. The van der Waals surface area contributed by atoms with E-state index in [0.717, 1.165) is 35.4 Å². The van der Waals surface area contributed by atoms with Gasteiger partial charge in [-0.25, -0.2) is 8.51 Å². The largest absolute Gasteiger partial charge is 0.291 e. The lowest BCUT2D eigenvalue weighted by molar-refractivity contribution is -0.384. The van der Waals surface area contributed by atoms with Crippen LogP contribution in [-0.2, 0) is 19.9 Å². The summed E-state index contributed by atoms with van der Waals surface area (Å²) < 4.78 is 45.5. The second-order valence-corrected chi connectivity index (χ2v) is 11.1. The summed E-state index contributed by atoms with van der Waals surface area (Å²) in [6.45, 7) is 2.27.